The second-order valence-corrected chi connectivity index (χ2v) is 3.27. The summed E-state index contributed by atoms with van der Waals surface area (Å²) in [7, 11) is 1.36. The van der Waals surface area contributed by atoms with Crippen LogP contribution in [0.4, 0.5) is 0 Å². The maximum Gasteiger partial charge on any atom is 0.337 e. The Morgan fingerprint density at radius 1 is 1.53 bits per heavy atom. The SMILES string of the molecule is COC(=O)c1cc(CN)c2cc[nH]c2c1. The van der Waals surface area contributed by atoms with Crippen molar-refractivity contribution in [3.05, 3.63) is 35.5 Å². The minimum atomic E-state index is -0.346. The molecule has 0 atom stereocenters. The summed E-state index contributed by atoms with van der Waals surface area (Å²) in [5.41, 5.74) is 7.98. The smallest absolute Gasteiger partial charge is 0.337 e. The third-order valence-electron chi connectivity index (χ3n) is 2.40. The van der Waals surface area contributed by atoms with Gasteiger partial charge < -0.3 is 15.5 Å². The van der Waals surface area contributed by atoms with Gasteiger partial charge in [-0.3, -0.25) is 0 Å². The van der Waals surface area contributed by atoms with Crippen LogP contribution >= 0.6 is 0 Å². The zero-order valence-corrected chi connectivity index (χ0v) is 8.41. The number of carbonyl (C=O) groups excluding carboxylic acids is 1. The number of rotatable bonds is 2. The van der Waals surface area contributed by atoms with Crippen molar-refractivity contribution in [2.45, 2.75) is 6.54 Å². The maximum absolute atomic E-state index is 11.4. The second kappa shape index (κ2) is 3.74. The highest BCUT2D eigenvalue weighted by Gasteiger charge is 2.09. The Hall–Kier alpha value is -1.81. The van der Waals surface area contributed by atoms with E-state index in [9.17, 15) is 4.79 Å². The van der Waals surface area contributed by atoms with Crippen molar-refractivity contribution in [3.8, 4) is 0 Å². The zero-order chi connectivity index (χ0) is 10.8. The predicted molar refractivity (Wildman–Crippen MR) is 57.5 cm³/mol. The highest BCUT2D eigenvalue weighted by molar-refractivity contribution is 5.95. The van der Waals surface area contributed by atoms with E-state index in [4.69, 9.17) is 5.73 Å². The van der Waals surface area contributed by atoms with Crippen molar-refractivity contribution < 1.29 is 9.53 Å². The summed E-state index contributed by atoms with van der Waals surface area (Å²) < 4.78 is 4.67. The van der Waals surface area contributed by atoms with Crippen molar-refractivity contribution in [3.63, 3.8) is 0 Å². The molecule has 0 saturated carbocycles. The number of nitrogens with two attached hydrogens (primary N) is 1. The lowest BCUT2D eigenvalue weighted by molar-refractivity contribution is 0.0601. The fraction of sp³-hybridized carbons (Fsp3) is 0.182. The molecule has 2 rings (SSSR count). The quantitative estimate of drug-likeness (QED) is 0.727. The third kappa shape index (κ3) is 1.59. The number of ether oxygens (including phenoxy) is 1. The molecule has 0 aliphatic rings. The van der Waals surface area contributed by atoms with Crippen LogP contribution in [0.5, 0.6) is 0 Å². The molecule has 3 N–H and O–H groups in total. The van der Waals surface area contributed by atoms with Crippen LogP contribution in [-0.4, -0.2) is 18.1 Å². The Kier molecular flexibility index (Phi) is 2.43. The monoisotopic (exact) mass is 204 g/mol. The van der Waals surface area contributed by atoms with E-state index in [1.807, 2.05) is 12.3 Å². The van der Waals surface area contributed by atoms with E-state index >= 15 is 0 Å². The summed E-state index contributed by atoms with van der Waals surface area (Å²) in [5, 5.41) is 1.05. The number of benzene rings is 1. The largest absolute Gasteiger partial charge is 0.465 e. The molecule has 78 valence electrons. The highest BCUT2D eigenvalue weighted by Crippen LogP contribution is 2.20. The van der Waals surface area contributed by atoms with Gasteiger partial charge in [0.2, 0.25) is 0 Å². The number of fused-ring (bicyclic) bond motifs is 1. The molecule has 1 aromatic carbocycles. The Labute approximate surface area is 87.0 Å². The Morgan fingerprint density at radius 2 is 2.33 bits per heavy atom. The van der Waals surface area contributed by atoms with Crippen LogP contribution in [0.15, 0.2) is 24.4 Å². The van der Waals surface area contributed by atoms with E-state index in [1.165, 1.54) is 7.11 Å². The molecule has 0 aliphatic carbocycles. The van der Waals surface area contributed by atoms with Gasteiger partial charge in [0, 0.05) is 23.6 Å². The first kappa shape index (κ1) is 9.73. The molecule has 4 heteroatoms. The number of nitrogens with one attached hydrogen (secondary N) is 1. The van der Waals surface area contributed by atoms with Crippen molar-refractivity contribution in [1.29, 1.82) is 0 Å². The number of methoxy groups -OCH3 is 1. The minimum Gasteiger partial charge on any atom is -0.465 e. The van der Waals surface area contributed by atoms with Gasteiger partial charge in [0.15, 0.2) is 0 Å². The third-order valence-corrected chi connectivity index (χ3v) is 2.40. The summed E-state index contributed by atoms with van der Waals surface area (Å²) >= 11 is 0. The topological polar surface area (TPSA) is 68.1 Å². The van der Waals surface area contributed by atoms with Gasteiger partial charge in [-0.25, -0.2) is 4.79 Å². The fourth-order valence-corrected chi connectivity index (χ4v) is 1.65. The van der Waals surface area contributed by atoms with E-state index in [-0.39, 0.29) is 5.97 Å². The number of H-pyrrole nitrogens is 1. The molecule has 15 heavy (non-hydrogen) atoms. The van der Waals surface area contributed by atoms with E-state index in [2.05, 4.69) is 9.72 Å². The molecule has 2 aromatic rings. The molecule has 0 bridgehead atoms. The number of aromatic nitrogens is 1. The second-order valence-electron chi connectivity index (χ2n) is 3.27. The van der Waals surface area contributed by atoms with E-state index in [1.54, 1.807) is 12.1 Å². The Balaban J connectivity index is 2.63. The average Bonchev–Trinajstić information content (AvgIpc) is 2.74. The van der Waals surface area contributed by atoms with Crippen LogP contribution in [0.25, 0.3) is 10.9 Å². The number of hydrogen-bond acceptors (Lipinski definition) is 3. The summed E-state index contributed by atoms with van der Waals surface area (Å²) in [4.78, 5) is 14.4. The molecule has 4 nitrogen and oxygen atoms in total. The van der Waals surface area contributed by atoms with Gasteiger partial charge >= 0.3 is 5.97 Å². The first-order valence-corrected chi connectivity index (χ1v) is 4.64. The van der Waals surface area contributed by atoms with Crippen LogP contribution in [0.3, 0.4) is 0 Å². The van der Waals surface area contributed by atoms with Crippen molar-refractivity contribution in [2.24, 2.45) is 5.73 Å². The van der Waals surface area contributed by atoms with Gasteiger partial charge in [0.1, 0.15) is 0 Å². The number of hydrogen-bond donors (Lipinski definition) is 2. The number of esters is 1. The van der Waals surface area contributed by atoms with Gasteiger partial charge in [-0.1, -0.05) is 0 Å². The molecule has 1 heterocycles. The molecule has 0 radical (unpaired) electrons. The van der Waals surface area contributed by atoms with Gasteiger partial charge in [0.25, 0.3) is 0 Å². The molecule has 0 fully saturated rings. The first-order chi connectivity index (χ1) is 7.26. The molecule has 0 saturated heterocycles. The lowest BCUT2D eigenvalue weighted by Gasteiger charge is -2.04. The first-order valence-electron chi connectivity index (χ1n) is 4.64. The van der Waals surface area contributed by atoms with Gasteiger partial charge in [-0.2, -0.15) is 0 Å². The molecule has 0 unspecified atom stereocenters. The Morgan fingerprint density at radius 3 is 3.00 bits per heavy atom. The van der Waals surface area contributed by atoms with E-state index in [0.29, 0.717) is 12.1 Å². The predicted octanol–water partition coefficient (Wildman–Crippen LogP) is 1.41. The van der Waals surface area contributed by atoms with E-state index < -0.39 is 0 Å². The average molecular weight is 204 g/mol. The van der Waals surface area contributed by atoms with Gasteiger partial charge in [-0.05, 0) is 23.8 Å². The number of aromatic amines is 1. The Bertz CT molecular complexity index is 502. The van der Waals surface area contributed by atoms with Crippen molar-refractivity contribution in [1.82, 2.24) is 4.98 Å². The minimum absolute atomic E-state index is 0.346. The molecule has 0 spiro atoms. The highest BCUT2D eigenvalue weighted by atomic mass is 16.5. The maximum atomic E-state index is 11.4. The lowest BCUT2D eigenvalue weighted by Crippen LogP contribution is -2.04. The van der Waals surface area contributed by atoms with Crippen LogP contribution in [0, 0.1) is 0 Å². The van der Waals surface area contributed by atoms with Crippen LogP contribution in [0.1, 0.15) is 15.9 Å². The standard InChI is InChI=1S/C11H12N2O2/c1-15-11(14)7-4-8(6-12)9-2-3-13-10(9)5-7/h2-5,13H,6,12H2,1H3. The summed E-state index contributed by atoms with van der Waals surface area (Å²) in [6.45, 7) is 0.402. The van der Waals surface area contributed by atoms with Gasteiger partial charge in [-0.15, -0.1) is 0 Å². The summed E-state index contributed by atoms with van der Waals surface area (Å²) in [5.74, 6) is -0.346. The molecular formula is C11H12N2O2. The number of carbonyl (C=O) groups is 1. The molecule has 1 aromatic heterocycles. The fourth-order valence-electron chi connectivity index (χ4n) is 1.65. The zero-order valence-electron chi connectivity index (χ0n) is 8.41. The van der Waals surface area contributed by atoms with Crippen molar-refractivity contribution >= 4 is 16.9 Å². The molecule has 0 aliphatic heterocycles. The van der Waals surface area contributed by atoms with Crippen LogP contribution < -0.4 is 5.73 Å². The summed E-state index contributed by atoms with van der Waals surface area (Å²) in [6, 6.07) is 5.47. The van der Waals surface area contributed by atoms with Crippen molar-refractivity contribution in [2.75, 3.05) is 7.11 Å². The molecule has 0 amide bonds. The summed E-state index contributed by atoms with van der Waals surface area (Å²) in [6.07, 6.45) is 1.82. The normalized spacial score (nSPS) is 10.5. The molecular weight excluding hydrogens is 192 g/mol. The van der Waals surface area contributed by atoms with Gasteiger partial charge in [0.05, 0.1) is 12.7 Å². The lowest BCUT2D eigenvalue weighted by atomic mass is 10.1. The van der Waals surface area contributed by atoms with Crippen LogP contribution in [0.2, 0.25) is 0 Å². The van der Waals surface area contributed by atoms with E-state index in [0.717, 1.165) is 16.5 Å². The van der Waals surface area contributed by atoms with Crippen LogP contribution in [-0.2, 0) is 11.3 Å².